The number of ether oxygens (including phenoxy) is 1. The van der Waals surface area contributed by atoms with Gasteiger partial charge < -0.3 is 14.6 Å². The van der Waals surface area contributed by atoms with E-state index in [1.54, 1.807) is 0 Å². The van der Waals surface area contributed by atoms with Gasteiger partial charge in [-0.25, -0.2) is 4.98 Å². The van der Waals surface area contributed by atoms with E-state index in [1.807, 2.05) is 60.5 Å². The van der Waals surface area contributed by atoms with E-state index >= 15 is 0 Å². The number of likely N-dealkylation sites (tertiary alicyclic amines) is 1. The van der Waals surface area contributed by atoms with E-state index in [1.165, 1.54) is 0 Å². The molecule has 1 atom stereocenters. The molecular weight excluding hydrogens is 314 g/mol. The summed E-state index contributed by atoms with van der Waals surface area (Å²) < 4.78 is 5.93. The van der Waals surface area contributed by atoms with Crippen molar-refractivity contribution in [1.29, 1.82) is 0 Å². The summed E-state index contributed by atoms with van der Waals surface area (Å²) in [6.07, 6.45) is 3.21. The zero-order valence-electron chi connectivity index (χ0n) is 14.2. The van der Waals surface area contributed by atoms with Crippen molar-refractivity contribution >= 4 is 16.8 Å². The molecule has 1 aromatic carbocycles. The van der Waals surface area contributed by atoms with Crippen molar-refractivity contribution in [3.8, 4) is 5.88 Å². The van der Waals surface area contributed by atoms with Gasteiger partial charge in [0.2, 0.25) is 11.8 Å². The van der Waals surface area contributed by atoms with Crippen molar-refractivity contribution in [1.82, 2.24) is 14.9 Å². The normalized spacial score (nSPS) is 17.2. The van der Waals surface area contributed by atoms with E-state index in [4.69, 9.17) is 4.74 Å². The first-order valence-electron chi connectivity index (χ1n) is 8.62. The van der Waals surface area contributed by atoms with Crippen LogP contribution in [0.3, 0.4) is 0 Å². The zero-order chi connectivity index (χ0) is 17.2. The number of carbonyl (C=O) groups is 1. The highest BCUT2D eigenvalue weighted by Gasteiger charge is 2.28. The van der Waals surface area contributed by atoms with Crippen LogP contribution in [0, 0.1) is 6.92 Å². The number of fused-ring (bicyclic) bond motifs is 1. The minimum absolute atomic E-state index is 0.0150. The molecule has 5 nitrogen and oxygen atoms in total. The number of para-hydroxylation sites is 1. The molecule has 3 aromatic rings. The van der Waals surface area contributed by atoms with Crippen molar-refractivity contribution in [3.05, 3.63) is 59.9 Å². The van der Waals surface area contributed by atoms with Gasteiger partial charge in [0, 0.05) is 41.8 Å². The minimum atomic E-state index is 0.0150. The quantitative estimate of drug-likeness (QED) is 0.797. The molecule has 0 radical (unpaired) electrons. The van der Waals surface area contributed by atoms with Gasteiger partial charge in [-0.05, 0) is 24.6 Å². The third-order valence-corrected chi connectivity index (χ3v) is 4.66. The zero-order valence-corrected chi connectivity index (χ0v) is 14.2. The number of carbonyl (C=O) groups excluding carboxylic acids is 1. The lowest BCUT2D eigenvalue weighted by atomic mass is 10.1. The summed E-state index contributed by atoms with van der Waals surface area (Å²) in [5.74, 6) is 0.781. The molecule has 4 rings (SSSR count). The third kappa shape index (κ3) is 3.36. The number of hydrogen-bond donors (Lipinski definition) is 1. The lowest BCUT2D eigenvalue weighted by molar-refractivity contribution is -0.129. The first kappa shape index (κ1) is 15.7. The maximum Gasteiger partial charge on any atom is 0.227 e. The summed E-state index contributed by atoms with van der Waals surface area (Å²) >= 11 is 0. The minimum Gasteiger partial charge on any atom is -0.472 e. The largest absolute Gasteiger partial charge is 0.472 e. The van der Waals surface area contributed by atoms with E-state index in [-0.39, 0.29) is 12.0 Å². The summed E-state index contributed by atoms with van der Waals surface area (Å²) in [6, 6.07) is 13.8. The first-order chi connectivity index (χ1) is 12.2. The molecule has 1 aliphatic heterocycles. The van der Waals surface area contributed by atoms with Gasteiger partial charge in [-0.1, -0.05) is 24.3 Å². The fraction of sp³-hybridized carbons (Fsp3) is 0.300. The number of nitrogens with zero attached hydrogens (tertiary/aromatic N) is 2. The van der Waals surface area contributed by atoms with Crippen LogP contribution in [0.2, 0.25) is 0 Å². The van der Waals surface area contributed by atoms with Crippen LogP contribution in [0.25, 0.3) is 10.9 Å². The first-order valence-corrected chi connectivity index (χ1v) is 8.62. The number of amides is 1. The molecule has 5 heteroatoms. The number of nitrogens with one attached hydrogen (secondary N) is 1. The van der Waals surface area contributed by atoms with Crippen molar-refractivity contribution in [2.24, 2.45) is 0 Å². The molecule has 128 valence electrons. The Morgan fingerprint density at radius 2 is 2.16 bits per heavy atom. The van der Waals surface area contributed by atoms with E-state index in [0.29, 0.717) is 18.8 Å². The Balaban J connectivity index is 1.39. The molecule has 2 aromatic heterocycles. The Kier molecular flexibility index (Phi) is 4.14. The van der Waals surface area contributed by atoms with Gasteiger partial charge in [-0.2, -0.15) is 0 Å². The van der Waals surface area contributed by atoms with Gasteiger partial charge >= 0.3 is 0 Å². The number of aromatic nitrogens is 2. The molecule has 0 saturated carbocycles. The second kappa shape index (κ2) is 6.59. The third-order valence-electron chi connectivity index (χ3n) is 4.66. The van der Waals surface area contributed by atoms with Crippen LogP contribution in [0.15, 0.2) is 48.7 Å². The smallest absolute Gasteiger partial charge is 0.227 e. The van der Waals surface area contributed by atoms with Crippen LogP contribution in [0.1, 0.15) is 17.7 Å². The van der Waals surface area contributed by atoms with E-state index < -0.39 is 0 Å². The molecule has 3 heterocycles. The molecule has 25 heavy (non-hydrogen) atoms. The van der Waals surface area contributed by atoms with Crippen LogP contribution in [0.4, 0.5) is 0 Å². The fourth-order valence-electron chi connectivity index (χ4n) is 3.36. The predicted molar refractivity (Wildman–Crippen MR) is 96.6 cm³/mol. The maximum absolute atomic E-state index is 12.6. The summed E-state index contributed by atoms with van der Waals surface area (Å²) in [5, 5.41) is 1.12. The predicted octanol–water partition coefficient (Wildman–Crippen LogP) is 3.09. The van der Waals surface area contributed by atoms with Crippen molar-refractivity contribution in [3.63, 3.8) is 0 Å². The molecule has 0 bridgehead atoms. The number of hydrogen-bond acceptors (Lipinski definition) is 3. The number of rotatable bonds is 4. The summed E-state index contributed by atoms with van der Waals surface area (Å²) in [6.45, 7) is 3.30. The highest BCUT2D eigenvalue weighted by molar-refractivity contribution is 5.89. The van der Waals surface area contributed by atoms with E-state index in [9.17, 15) is 4.79 Å². The second-order valence-corrected chi connectivity index (χ2v) is 6.52. The van der Waals surface area contributed by atoms with Crippen molar-refractivity contribution < 1.29 is 9.53 Å². The molecule has 1 unspecified atom stereocenters. The summed E-state index contributed by atoms with van der Waals surface area (Å²) in [4.78, 5) is 22.1. The Hall–Kier alpha value is -2.82. The van der Waals surface area contributed by atoms with Gasteiger partial charge in [-0.15, -0.1) is 0 Å². The Labute approximate surface area is 146 Å². The number of benzene rings is 1. The monoisotopic (exact) mass is 335 g/mol. The molecule has 0 aliphatic carbocycles. The van der Waals surface area contributed by atoms with Crippen molar-refractivity contribution in [2.45, 2.75) is 25.9 Å². The van der Waals surface area contributed by atoms with Gasteiger partial charge in [0.05, 0.1) is 13.0 Å². The Morgan fingerprint density at radius 3 is 3.04 bits per heavy atom. The van der Waals surface area contributed by atoms with Gasteiger partial charge in [0.1, 0.15) is 6.10 Å². The molecule has 1 N–H and O–H groups in total. The van der Waals surface area contributed by atoms with Crippen LogP contribution < -0.4 is 4.74 Å². The molecule has 1 saturated heterocycles. The molecular formula is C20H21N3O2. The average Bonchev–Trinajstić information content (AvgIpc) is 3.23. The molecule has 1 fully saturated rings. The van der Waals surface area contributed by atoms with Crippen LogP contribution in [-0.4, -0.2) is 40.0 Å². The molecule has 1 amide bonds. The number of aromatic amines is 1. The standard InChI is InChI=1S/C20H21N3O2/c1-14-5-4-8-19(22-14)25-16-9-10-23(13-16)20(24)11-15-12-21-18-7-3-2-6-17(15)18/h2-8,12,16,21H,9-11,13H2,1H3. The Bertz CT molecular complexity index is 903. The highest BCUT2D eigenvalue weighted by Crippen LogP contribution is 2.21. The van der Waals surface area contributed by atoms with Crippen molar-refractivity contribution in [2.75, 3.05) is 13.1 Å². The van der Waals surface area contributed by atoms with Gasteiger partial charge in [0.25, 0.3) is 0 Å². The lowest BCUT2D eigenvalue weighted by Gasteiger charge is -2.17. The van der Waals surface area contributed by atoms with E-state index in [0.717, 1.165) is 35.1 Å². The number of pyridine rings is 1. The average molecular weight is 335 g/mol. The maximum atomic E-state index is 12.6. The number of H-pyrrole nitrogens is 1. The summed E-state index contributed by atoms with van der Waals surface area (Å²) in [7, 11) is 0. The van der Waals surface area contributed by atoms with Crippen LogP contribution in [-0.2, 0) is 11.2 Å². The van der Waals surface area contributed by atoms with E-state index in [2.05, 4.69) is 9.97 Å². The van der Waals surface area contributed by atoms with Gasteiger partial charge in [0.15, 0.2) is 0 Å². The Morgan fingerprint density at radius 1 is 1.28 bits per heavy atom. The molecule has 1 aliphatic rings. The summed E-state index contributed by atoms with van der Waals surface area (Å²) in [5.41, 5.74) is 3.05. The molecule has 0 spiro atoms. The topological polar surface area (TPSA) is 58.2 Å². The lowest BCUT2D eigenvalue weighted by Crippen LogP contribution is -2.32. The highest BCUT2D eigenvalue weighted by atomic mass is 16.5. The van der Waals surface area contributed by atoms with Crippen LogP contribution >= 0.6 is 0 Å². The fourth-order valence-corrected chi connectivity index (χ4v) is 3.36. The second-order valence-electron chi connectivity index (χ2n) is 6.52. The van der Waals surface area contributed by atoms with Gasteiger partial charge in [-0.3, -0.25) is 4.79 Å². The van der Waals surface area contributed by atoms with Crippen LogP contribution in [0.5, 0.6) is 5.88 Å². The SMILES string of the molecule is Cc1cccc(OC2CCN(C(=O)Cc3c[nH]c4ccccc34)C2)n1. The number of aryl methyl sites for hydroxylation is 1.